The topological polar surface area (TPSA) is 3.24 Å². The fraction of sp³-hybridized carbons (Fsp3) is 0.667. The molecule has 0 saturated heterocycles. The monoisotopic (exact) mass is 365 g/mol. The van der Waals surface area contributed by atoms with Crippen LogP contribution in [-0.4, -0.2) is 22.8 Å². The quantitative estimate of drug-likeness (QED) is 0.662. The first kappa shape index (κ1) is 13.1. The Kier molecular flexibility index (Phi) is 5.33. The van der Waals surface area contributed by atoms with Crippen molar-refractivity contribution in [3.8, 4) is 0 Å². The third-order valence-corrected chi connectivity index (χ3v) is 5.33. The van der Waals surface area contributed by atoms with Crippen molar-refractivity contribution in [2.24, 2.45) is 0 Å². The molecular formula is C12H17Br2NS. The van der Waals surface area contributed by atoms with E-state index >= 15 is 0 Å². The van der Waals surface area contributed by atoms with Crippen LogP contribution in [0.15, 0.2) is 15.9 Å². The Hall–Kier alpha value is 0.620. The molecule has 1 saturated carbocycles. The average Bonchev–Trinajstić information content (AvgIpc) is 2.58. The van der Waals surface area contributed by atoms with Crippen LogP contribution < -0.4 is 0 Å². The molecule has 4 heteroatoms. The number of thiophene rings is 1. The maximum atomic E-state index is 3.54. The fourth-order valence-corrected chi connectivity index (χ4v) is 3.80. The van der Waals surface area contributed by atoms with E-state index in [1.165, 1.54) is 40.9 Å². The SMILES string of the molecule is BrCCCN(Cc1ccc(Br)s1)C1CCC1. The molecule has 1 aromatic rings. The molecule has 0 N–H and O–H groups in total. The Morgan fingerprint density at radius 3 is 2.69 bits per heavy atom. The zero-order valence-corrected chi connectivity index (χ0v) is 13.3. The number of halogens is 2. The lowest BCUT2D eigenvalue weighted by Crippen LogP contribution is -2.40. The van der Waals surface area contributed by atoms with Crippen LogP contribution in [-0.2, 0) is 6.54 Å². The molecule has 1 fully saturated rings. The van der Waals surface area contributed by atoms with Crippen LogP contribution in [0.5, 0.6) is 0 Å². The van der Waals surface area contributed by atoms with Gasteiger partial charge in [0.1, 0.15) is 0 Å². The predicted octanol–water partition coefficient (Wildman–Crippen LogP) is 4.65. The maximum Gasteiger partial charge on any atom is 0.0701 e. The molecule has 1 heterocycles. The van der Waals surface area contributed by atoms with Gasteiger partial charge in [-0.1, -0.05) is 22.4 Å². The molecule has 0 unspecified atom stereocenters. The van der Waals surface area contributed by atoms with Crippen LogP contribution in [0.25, 0.3) is 0 Å². The van der Waals surface area contributed by atoms with Crippen molar-refractivity contribution in [1.29, 1.82) is 0 Å². The van der Waals surface area contributed by atoms with E-state index < -0.39 is 0 Å². The van der Waals surface area contributed by atoms with Crippen LogP contribution >= 0.6 is 43.2 Å². The van der Waals surface area contributed by atoms with Gasteiger partial charge in [0.25, 0.3) is 0 Å². The molecule has 2 rings (SSSR count). The third-order valence-electron chi connectivity index (χ3n) is 3.16. The Morgan fingerprint density at radius 1 is 1.38 bits per heavy atom. The molecular weight excluding hydrogens is 350 g/mol. The van der Waals surface area contributed by atoms with E-state index in [-0.39, 0.29) is 0 Å². The number of hydrogen-bond acceptors (Lipinski definition) is 2. The fourth-order valence-electron chi connectivity index (χ4n) is 2.04. The number of alkyl halides is 1. The third kappa shape index (κ3) is 3.56. The maximum absolute atomic E-state index is 3.54. The molecule has 0 radical (unpaired) electrons. The molecule has 0 aromatic carbocycles. The Labute approximate surface area is 118 Å². The second kappa shape index (κ2) is 6.53. The summed E-state index contributed by atoms with van der Waals surface area (Å²) in [6.07, 6.45) is 5.47. The molecule has 0 atom stereocenters. The summed E-state index contributed by atoms with van der Waals surface area (Å²) in [6, 6.07) is 5.25. The number of nitrogens with zero attached hydrogens (tertiary/aromatic N) is 1. The van der Waals surface area contributed by atoms with Crippen LogP contribution in [0, 0.1) is 0 Å². The number of rotatable bonds is 6. The summed E-state index contributed by atoms with van der Waals surface area (Å²) in [5.41, 5.74) is 0. The predicted molar refractivity (Wildman–Crippen MR) is 78.5 cm³/mol. The summed E-state index contributed by atoms with van der Waals surface area (Å²) in [6.45, 7) is 2.36. The highest BCUT2D eigenvalue weighted by Gasteiger charge is 2.24. The van der Waals surface area contributed by atoms with Crippen molar-refractivity contribution in [1.82, 2.24) is 4.90 Å². The molecule has 1 nitrogen and oxygen atoms in total. The van der Waals surface area contributed by atoms with E-state index in [0.717, 1.165) is 17.9 Å². The molecule has 0 aliphatic heterocycles. The largest absolute Gasteiger partial charge is 0.295 e. The smallest absolute Gasteiger partial charge is 0.0701 e. The van der Waals surface area contributed by atoms with Crippen molar-refractivity contribution in [2.45, 2.75) is 38.3 Å². The summed E-state index contributed by atoms with van der Waals surface area (Å²) in [4.78, 5) is 4.14. The highest BCUT2D eigenvalue weighted by atomic mass is 79.9. The van der Waals surface area contributed by atoms with E-state index in [4.69, 9.17) is 0 Å². The lowest BCUT2D eigenvalue weighted by Gasteiger charge is -2.37. The van der Waals surface area contributed by atoms with E-state index in [1.54, 1.807) is 0 Å². The van der Waals surface area contributed by atoms with Crippen LogP contribution in [0.3, 0.4) is 0 Å². The Balaban J connectivity index is 1.90. The van der Waals surface area contributed by atoms with Gasteiger partial charge in [-0.05, 0) is 53.9 Å². The van der Waals surface area contributed by atoms with Crippen LogP contribution in [0.2, 0.25) is 0 Å². The van der Waals surface area contributed by atoms with Gasteiger partial charge in [-0.2, -0.15) is 0 Å². The summed E-state index contributed by atoms with van der Waals surface area (Å²) in [7, 11) is 0. The van der Waals surface area contributed by atoms with Crippen molar-refractivity contribution in [2.75, 3.05) is 11.9 Å². The first-order valence-corrected chi connectivity index (χ1v) is 8.57. The van der Waals surface area contributed by atoms with Crippen molar-refractivity contribution in [3.05, 3.63) is 20.8 Å². The minimum Gasteiger partial charge on any atom is -0.295 e. The van der Waals surface area contributed by atoms with Crippen LogP contribution in [0.4, 0.5) is 0 Å². The molecule has 16 heavy (non-hydrogen) atoms. The molecule has 0 spiro atoms. The molecule has 0 bridgehead atoms. The lowest BCUT2D eigenvalue weighted by atomic mass is 9.91. The lowest BCUT2D eigenvalue weighted by molar-refractivity contribution is 0.121. The van der Waals surface area contributed by atoms with Crippen molar-refractivity contribution in [3.63, 3.8) is 0 Å². The van der Waals surface area contributed by atoms with Crippen molar-refractivity contribution < 1.29 is 0 Å². The standard InChI is InChI=1S/C12H17Br2NS/c13-7-2-8-15(10-3-1-4-10)9-11-5-6-12(14)16-11/h5-6,10H,1-4,7-9H2. The van der Waals surface area contributed by atoms with Gasteiger partial charge in [0.15, 0.2) is 0 Å². The van der Waals surface area contributed by atoms with Gasteiger partial charge in [-0.15, -0.1) is 11.3 Å². The first-order valence-electron chi connectivity index (χ1n) is 5.84. The number of hydrogen-bond donors (Lipinski definition) is 0. The van der Waals surface area contributed by atoms with Gasteiger partial charge in [0.05, 0.1) is 3.79 Å². The van der Waals surface area contributed by atoms with E-state index in [9.17, 15) is 0 Å². The molecule has 1 aromatic heterocycles. The zero-order chi connectivity index (χ0) is 11.4. The molecule has 1 aliphatic rings. The Morgan fingerprint density at radius 2 is 2.19 bits per heavy atom. The highest BCUT2D eigenvalue weighted by Crippen LogP contribution is 2.29. The second-order valence-electron chi connectivity index (χ2n) is 4.30. The van der Waals surface area contributed by atoms with Gasteiger partial charge in [0, 0.05) is 22.8 Å². The molecule has 90 valence electrons. The Bertz CT molecular complexity index is 323. The average molecular weight is 367 g/mol. The first-order chi connectivity index (χ1) is 7.79. The summed E-state index contributed by atoms with van der Waals surface area (Å²) < 4.78 is 1.25. The molecule has 0 amide bonds. The van der Waals surface area contributed by atoms with Crippen LogP contribution in [0.1, 0.15) is 30.6 Å². The summed E-state index contributed by atoms with van der Waals surface area (Å²) in [5.74, 6) is 0. The van der Waals surface area contributed by atoms with Gasteiger partial charge < -0.3 is 0 Å². The van der Waals surface area contributed by atoms with E-state index in [0.29, 0.717) is 0 Å². The summed E-state index contributed by atoms with van der Waals surface area (Å²) in [5, 5.41) is 1.12. The van der Waals surface area contributed by atoms with Crippen molar-refractivity contribution >= 4 is 43.2 Å². The zero-order valence-electron chi connectivity index (χ0n) is 9.29. The van der Waals surface area contributed by atoms with E-state index in [1.807, 2.05) is 11.3 Å². The normalized spacial score (nSPS) is 16.7. The van der Waals surface area contributed by atoms with Gasteiger partial charge in [-0.3, -0.25) is 4.90 Å². The minimum absolute atomic E-state index is 0.847. The van der Waals surface area contributed by atoms with Gasteiger partial charge in [0.2, 0.25) is 0 Å². The van der Waals surface area contributed by atoms with Gasteiger partial charge in [-0.25, -0.2) is 0 Å². The van der Waals surface area contributed by atoms with Gasteiger partial charge >= 0.3 is 0 Å². The van der Waals surface area contributed by atoms with E-state index in [2.05, 4.69) is 48.9 Å². The second-order valence-corrected chi connectivity index (χ2v) is 7.64. The molecule has 1 aliphatic carbocycles. The summed E-state index contributed by atoms with van der Waals surface area (Å²) >= 11 is 8.93. The minimum atomic E-state index is 0.847. The highest BCUT2D eigenvalue weighted by molar-refractivity contribution is 9.11.